The molecular weight excluding hydrogens is 206 g/mol. The molecule has 0 rings (SSSR count). The fraction of sp³-hybridized carbons (Fsp3) is 0. The predicted octanol–water partition coefficient (Wildman–Crippen LogP) is 0.119. The van der Waals surface area contributed by atoms with Gasteiger partial charge in [-0.15, -0.1) is 5.00 Å². The molecule has 2 nitrogen and oxygen atoms in total. The van der Waals surface area contributed by atoms with E-state index in [1.165, 1.54) is 5.00 Å². The summed E-state index contributed by atoms with van der Waals surface area (Å²) in [6, 6.07) is 0. The molecule has 4 heteroatoms. The van der Waals surface area contributed by atoms with Crippen LogP contribution >= 0.6 is 11.8 Å². The largest absolute Gasteiger partial charge is 0.301 e. The first-order chi connectivity index (χ1) is 1.41. The summed E-state index contributed by atoms with van der Waals surface area (Å²) in [4.78, 5) is 1.22. The first kappa shape index (κ1) is 9.13. The van der Waals surface area contributed by atoms with Crippen LogP contribution in [0.1, 0.15) is 0 Å². The van der Waals surface area contributed by atoms with Crippen molar-refractivity contribution in [1.82, 2.24) is 5.00 Å². The van der Waals surface area contributed by atoms with Crippen molar-refractivity contribution in [2.75, 3.05) is 0 Å². The minimum absolute atomic E-state index is 0. The van der Waals surface area contributed by atoms with Gasteiger partial charge in [-0.05, 0) is 0 Å². The van der Waals surface area contributed by atoms with E-state index in [0.717, 1.165) is 0 Å². The van der Waals surface area contributed by atoms with Crippen LogP contribution in [0.5, 0.6) is 0 Å². The van der Waals surface area contributed by atoms with Gasteiger partial charge in [0.15, 0.2) is 0 Å². The summed E-state index contributed by atoms with van der Waals surface area (Å²) in [7, 11) is 0. The zero-order chi connectivity index (χ0) is 2.71. The molecule has 0 fully saturated rings. The van der Waals surface area contributed by atoms with Gasteiger partial charge in [-0.3, -0.25) is 0 Å². The van der Waals surface area contributed by atoms with Crippen molar-refractivity contribution < 1.29 is 46.5 Å². The Hall–Kier alpha value is 1.57. The standard InChI is InChI=1S/ClH2NO.Pr/c1-2-3;/h2-3H;. The number of halogens is 1. The van der Waals surface area contributed by atoms with Crippen LogP contribution in [0.25, 0.3) is 0 Å². The van der Waals surface area contributed by atoms with E-state index in [-0.39, 0.29) is 41.3 Å². The molecule has 0 unspecified atom stereocenters. The molecule has 1 radical (unpaired) electrons. The van der Waals surface area contributed by atoms with E-state index in [1.54, 1.807) is 0 Å². The monoisotopic (exact) mass is 208 g/mol. The summed E-state index contributed by atoms with van der Waals surface area (Å²) in [5.74, 6) is 0. The van der Waals surface area contributed by atoms with Gasteiger partial charge in [-0.1, -0.05) is 0 Å². The normalized spacial score (nSPS) is 4.50. The van der Waals surface area contributed by atoms with Gasteiger partial charge in [0.05, 0.1) is 0 Å². The Balaban J connectivity index is 0. The van der Waals surface area contributed by atoms with Crippen molar-refractivity contribution >= 4 is 11.8 Å². The van der Waals surface area contributed by atoms with Gasteiger partial charge in [0.1, 0.15) is 0 Å². The maximum absolute atomic E-state index is 7.08. The van der Waals surface area contributed by atoms with E-state index < -0.39 is 0 Å². The summed E-state index contributed by atoms with van der Waals surface area (Å²) < 4.78 is 0. The Kier molecular flexibility index (Phi) is 20.1. The Labute approximate surface area is 62.5 Å². The molecular formula is H2ClNOPr. The average molecular weight is 208 g/mol. The van der Waals surface area contributed by atoms with Gasteiger partial charge in [0, 0.05) is 53.1 Å². The van der Waals surface area contributed by atoms with Crippen LogP contribution in [0, 0.1) is 41.3 Å². The second-order valence-electron chi connectivity index (χ2n) is 0.0845. The van der Waals surface area contributed by atoms with Crippen LogP contribution in [-0.4, -0.2) is 5.21 Å². The van der Waals surface area contributed by atoms with Gasteiger partial charge in [-0.25, -0.2) is 0 Å². The van der Waals surface area contributed by atoms with Crippen molar-refractivity contribution in [2.45, 2.75) is 0 Å². The molecule has 0 saturated heterocycles. The Morgan fingerprint density at radius 3 is 1.75 bits per heavy atom. The molecule has 4 heavy (non-hydrogen) atoms. The minimum atomic E-state index is 0. The van der Waals surface area contributed by atoms with Crippen molar-refractivity contribution in [3.8, 4) is 0 Å². The molecule has 0 aliphatic heterocycles. The maximum atomic E-state index is 7.08. The van der Waals surface area contributed by atoms with Crippen molar-refractivity contribution in [3.63, 3.8) is 0 Å². The van der Waals surface area contributed by atoms with Crippen LogP contribution in [-0.2, 0) is 0 Å². The quantitative estimate of drug-likeness (QED) is 0.438. The Morgan fingerprint density at radius 1 is 1.75 bits per heavy atom. The van der Waals surface area contributed by atoms with Crippen LogP contribution < -0.4 is 5.00 Å². The molecule has 0 bridgehead atoms. The SMILES string of the molecule is ONCl.[Pr]. The van der Waals surface area contributed by atoms with Crippen molar-refractivity contribution in [1.29, 1.82) is 0 Å². The van der Waals surface area contributed by atoms with E-state index in [0.29, 0.717) is 0 Å². The molecule has 0 amide bonds. The third-order valence-corrected chi connectivity index (χ3v) is 0. The second-order valence-corrected chi connectivity index (χ2v) is 0.254. The zero-order valence-electron chi connectivity index (χ0n) is 1.90. The fourth-order valence-electron chi connectivity index (χ4n) is 0. The summed E-state index contributed by atoms with van der Waals surface area (Å²) >= 11 is 4.30. The fourth-order valence-corrected chi connectivity index (χ4v) is 0. The van der Waals surface area contributed by atoms with E-state index >= 15 is 0 Å². The van der Waals surface area contributed by atoms with E-state index in [4.69, 9.17) is 5.21 Å². The average Bonchev–Trinajstić information content (AvgIpc) is 0.918. The Morgan fingerprint density at radius 2 is 1.75 bits per heavy atom. The third kappa shape index (κ3) is 9.56. The Bertz CT molecular complexity index is 8.00. The maximum Gasteiger partial charge on any atom is 0.00268 e. The molecule has 0 heterocycles. The van der Waals surface area contributed by atoms with Crippen molar-refractivity contribution in [2.24, 2.45) is 0 Å². The van der Waals surface area contributed by atoms with Crippen LogP contribution in [0.15, 0.2) is 0 Å². The van der Waals surface area contributed by atoms with Gasteiger partial charge in [-0.2, -0.15) is 0 Å². The molecule has 0 atom stereocenters. The van der Waals surface area contributed by atoms with E-state index in [2.05, 4.69) is 11.8 Å². The van der Waals surface area contributed by atoms with Gasteiger partial charge in [0.2, 0.25) is 0 Å². The summed E-state index contributed by atoms with van der Waals surface area (Å²) in [5.41, 5.74) is 0. The number of nitrogens with one attached hydrogen (secondary N) is 1. The third-order valence-electron chi connectivity index (χ3n) is 0. The molecule has 0 saturated carbocycles. The number of hydrogen-bond acceptors (Lipinski definition) is 2. The van der Waals surface area contributed by atoms with E-state index in [1.807, 2.05) is 0 Å². The zero-order valence-corrected chi connectivity index (χ0v) is 6.36. The second kappa shape index (κ2) is 8.82. The topological polar surface area (TPSA) is 32.3 Å². The summed E-state index contributed by atoms with van der Waals surface area (Å²) in [6.07, 6.45) is 0. The summed E-state index contributed by atoms with van der Waals surface area (Å²) in [5, 5.41) is 7.08. The van der Waals surface area contributed by atoms with Gasteiger partial charge in [0.25, 0.3) is 0 Å². The van der Waals surface area contributed by atoms with Gasteiger partial charge < -0.3 is 5.21 Å². The van der Waals surface area contributed by atoms with Crippen LogP contribution in [0.2, 0.25) is 0 Å². The van der Waals surface area contributed by atoms with Crippen LogP contribution in [0.4, 0.5) is 0 Å². The molecule has 0 aromatic heterocycles. The molecule has 0 aromatic carbocycles. The van der Waals surface area contributed by atoms with Crippen molar-refractivity contribution in [3.05, 3.63) is 0 Å². The predicted molar refractivity (Wildman–Crippen MR) is 10.8 cm³/mol. The first-order valence-corrected chi connectivity index (χ1v) is 0.791. The smallest absolute Gasteiger partial charge is 0.00268 e. The molecule has 0 spiro atoms. The summed E-state index contributed by atoms with van der Waals surface area (Å²) in [6.45, 7) is 0. The molecule has 2 N–H and O–H groups in total. The molecule has 0 aliphatic rings. The molecule has 0 aliphatic carbocycles. The number of hydrogen-bond donors (Lipinski definition) is 2. The van der Waals surface area contributed by atoms with Crippen LogP contribution in [0.3, 0.4) is 0 Å². The number of rotatable bonds is 0. The molecule has 23 valence electrons. The first-order valence-electron chi connectivity index (χ1n) is 0.413. The van der Waals surface area contributed by atoms with Gasteiger partial charge >= 0.3 is 0 Å². The minimum Gasteiger partial charge on any atom is -0.301 e. The molecule has 0 aromatic rings. The van der Waals surface area contributed by atoms with E-state index in [9.17, 15) is 0 Å².